The number of carbonyl (C=O) groups is 2. The van der Waals surface area contributed by atoms with Gasteiger partial charge in [0.1, 0.15) is 5.69 Å². The van der Waals surface area contributed by atoms with Crippen LogP contribution in [0.15, 0.2) is 18.3 Å². The summed E-state index contributed by atoms with van der Waals surface area (Å²) in [5.74, 6) is -1.02. The van der Waals surface area contributed by atoms with Crippen LogP contribution in [0.1, 0.15) is 53.0 Å². The minimum Gasteiger partial charge on any atom is -0.478 e. The first-order valence-electron chi connectivity index (χ1n) is 6.65. The van der Waals surface area contributed by atoms with Gasteiger partial charge in [-0.15, -0.1) is 0 Å². The van der Waals surface area contributed by atoms with Crippen LogP contribution in [0.3, 0.4) is 0 Å². The second-order valence-electron chi connectivity index (χ2n) is 4.92. The molecule has 1 heterocycles. The van der Waals surface area contributed by atoms with E-state index in [1.54, 1.807) is 0 Å². The maximum atomic E-state index is 12.0. The smallest absolute Gasteiger partial charge is 0.338 e. The normalized spacial score (nSPS) is 16.0. The molecule has 0 spiro atoms. The molecule has 2 N–H and O–H groups in total. The maximum Gasteiger partial charge on any atom is 0.338 e. The fraction of sp³-hybridized carbons (Fsp3) is 0.500. The Balaban J connectivity index is 1.97. The van der Waals surface area contributed by atoms with Crippen LogP contribution >= 0.6 is 0 Å². The standard InChI is InChI=1S/C14H18N2O3/c17-13(16-9-10-5-2-1-3-6-10)12-11(14(18)19)7-4-8-15-12/h4,7-8,10H,1-3,5-6,9H2,(H,16,17)(H,18,19). The summed E-state index contributed by atoms with van der Waals surface area (Å²) in [4.78, 5) is 26.9. The Morgan fingerprint density at radius 3 is 2.74 bits per heavy atom. The van der Waals surface area contributed by atoms with Crippen LogP contribution in [-0.2, 0) is 0 Å². The first-order valence-corrected chi connectivity index (χ1v) is 6.65. The summed E-state index contributed by atoms with van der Waals surface area (Å²) in [5, 5.41) is 11.8. The van der Waals surface area contributed by atoms with Crippen molar-refractivity contribution >= 4 is 11.9 Å². The average molecular weight is 262 g/mol. The molecule has 0 aromatic carbocycles. The third kappa shape index (κ3) is 3.53. The average Bonchev–Trinajstić information content (AvgIpc) is 2.46. The number of nitrogens with zero attached hydrogens (tertiary/aromatic N) is 1. The molecular formula is C14H18N2O3. The Labute approximate surface area is 112 Å². The number of carboxylic acid groups (broad SMARTS) is 1. The molecule has 19 heavy (non-hydrogen) atoms. The summed E-state index contributed by atoms with van der Waals surface area (Å²) in [6.07, 6.45) is 7.40. The first kappa shape index (κ1) is 13.5. The predicted molar refractivity (Wildman–Crippen MR) is 70.1 cm³/mol. The van der Waals surface area contributed by atoms with Crippen molar-refractivity contribution in [3.05, 3.63) is 29.6 Å². The molecule has 0 bridgehead atoms. The lowest BCUT2D eigenvalue weighted by Gasteiger charge is -2.21. The third-order valence-electron chi connectivity index (χ3n) is 3.53. The molecule has 0 radical (unpaired) electrons. The molecule has 1 saturated carbocycles. The highest BCUT2D eigenvalue weighted by Gasteiger charge is 2.19. The lowest BCUT2D eigenvalue weighted by Crippen LogP contribution is -2.32. The molecule has 1 aliphatic carbocycles. The number of carbonyl (C=O) groups excluding carboxylic acids is 1. The number of hydrogen-bond acceptors (Lipinski definition) is 3. The number of aromatic carboxylic acids is 1. The summed E-state index contributed by atoms with van der Waals surface area (Å²) in [5.41, 5.74) is -0.0607. The Morgan fingerprint density at radius 1 is 1.32 bits per heavy atom. The highest BCUT2D eigenvalue weighted by molar-refractivity contribution is 6.03. The molecule has 1 amide bonds. The van der Waals surface area contributed by atoms with Crippen molar-refractivity contribution in [3.63, 3.8) is 0 Å². The molecular weight excluding hydrogens is 244 g/mol. The maximum absolute atomic E-state index is 12.0. The second-order valence-corrected chi connectivity index (χ2v) is 4.92. The van der Waals surface area contributed by atoms with E-state index >= 15 is 0 Å². The van der Waals surface area contributed by atoms with Crippen LogP contribution in [0.2, 0.25) is 0 Å². The molecule has 1 aliphatic rings. The largest absolute Gasteiger partial charge is 0.478 e. The summed E-state index contributed by atoms with van der Waals surface area (Å²) in [7, 11) is 0. The zero-order valence-electron chi connectivity index (χ0n) is 10.8. The molecule has 0 aliphatic heterocycles. The van der Waals surface area contributed by atoms with Crippen molar-refractivity contribution in [2.24, 2.45) is 5.92 Å². The molecule has 1 aromatic rings. The van der Waals surface area contributed by atoms with Crippen molar-refractivity contribution in [3.8, 4) is 0 Å². The van der Waals surface area contributed by atoms with Gasteiger partial charge < -0.3 is 10.4 Å². The molecule has 1 aromatic heterocycles. The van der Waals surface area contributed by atoms with Crippen LogP contribution in [0.4, 0.5) is 0 Å². The molecule has 5 nitrogen and oxygen atoms in total. The molecule has 2 rings (SSSR count). The molecule has 1 fully saturated rings. The first-order chi connectivity index (χ1) is 9.18. The van der Waals surface area contributed by atoms with Gasteiger partial charge in [-0.3, -0.25) is 9.78 Å². The van der Waals surface area contributed by atoms with Gasteiger partial charge in [0, 0.05) is 12.7 Å². The van der Waals surface area contributed by atoms with Crippen LogP contribution in [0.5, 0.6) is 0 Å². The van der Waals surface area contributed by atoms with Gasteiger partial charge in [-0.05, 0) is 30.9 Å². The fourth-order valence-electron chi connectivity index (χ4n) is 2.47. The van der Waals surface area contributed by atoms with Crippen LogP contribution < -0.4 is 5.32 Å². The molecule has 0 unspecified atom stereocenters. The topological polar surface area (TPSA) is 79.3 Å². The van der Waals surface area contributed by atoms with E-state index < -0.39 is 11.9 Å². The van der Waals surface area contributed by atoms with Crippen molar-refractivity contribution in [2.45, 2.75) is 32.1 Å². The highest BCUT2D eigenvalue weighted by atomic mass is 16.4. The minimum absolute atomic E-state index is 0.00851. The summed E-state index contributed by atoms with van der Waals surface area (Å²) in [6, 6.07) is 2.91. The monoisotopic (exact) mass is 262 g/mol. The Bertz CT molecular complexity index is 468. The Hall–Kier alpha value is -1.91. The fourth-order valence-corrected chi connectivity index (χ4v) is 2.47. The van der Waals surface area contributed by atoms with E-state index in [1.807, 2.05) is 0 Å². The number of amides is 1. The van der Waals surface area contributed by atoms with E-state index in [-0.39, 0.29) is 11.3 Å². The van der Waals surface area contributed by atoms with Crippen LogP contribution in [0, 0.1) is 5.92 Å². The van der Waals surface area contributed by atoms with E-state index in [2.05, 4.69) is 10.3 Å². The van der Waals surface area contributed by atoms with Crippen LogP contribution in [0.25, 0.3) is 0 Å². The van der Waals surface area contributed by atoms with Crippen molar-refractivity contribution in [2.75, 3.05) is 6.54 Å². The van der Waals surface area contributed by atoms with E-state index in [4.69, 9.17) is 5.11 Å². The van der Waals surface area contributed by atoms with E-state index in [0.29, 0.717) is 12.5 Å². The third-order valence-corrected chi connectivity index (χ3v) is 3.53. The van der Waals surface area contributed by atoms with Gasteiger partial charge in [-0.25, -0.2) is 4.79 Å². The Kier molecular flexibility index (Phi) is 4.49. The van der Waals surface area contributed by atoms with E-state index in [9.17, 15) is 9.59 Å². The quantitative estimate of drug-likeness (QED) is 0.870. The summed E-state index contributed by atoms with van der Waals surface area (Å²) in [6.45, 7) is 0.606. The van der Waals surface area contributed by atoms with E-state index in [0.717, 1.165) is 12.8 Å². The minimum atomic E-state index is -1.13. The van der Waals surface area contributed by atoms with Crippen molar-refractivity contribution in [1.29, 1.82) is 0 Å². The van der Waals surface area contributed by atoms with Crippen molar-refractivity contribution in [1.82, 2.24) is 10.3 Å². The predicted octanol–water partition coefficient (Wildman–Crippen LogP) is 2.09. The summed E-state index contributed by atoms with van der Waals surface area (Å²) < 4.78 is 0. The molecule has 102 valence electrons. The van der Waals surface area contributed by atoms with Gasteiger partial charge in [0.25, 0.3) is 5.91 Å². The van der Waals surface area contributed by atoms with Gasteiger partial charge in [0.2, 0.25) is 0 Å². The number of hydrogen-bond donors (Lipinski definition) is 2. The van der Waals surface area contributed by atoms with Gasteiger partial charge >= 0.3 is 5.97 Å². The second kappa shape index (κ2) is 6.31. The van der Waals surface area contributed by atoms with Gasteiger partial charge in [-0.2, -0.15) is 0 Å². The van der Waals surface area contributed by atoms with Crippen molar-refractivity contribution < 1.29 is 14.7 Å². The molecule has 5 heteroatoms. The number of pyridine rings is 1. The number of aromatic nitrogens is 1. The van der Waals surface area contributed by atoms with Gasteiger partial charge in [0.15, 0.2) is 0 Å². The van der Waals surface area contributed by atoms with E-state index in [1.165, 1.54) is 37.6 Å². The van der Waals surface area contributed by atoms with Gasteiger partial charge in [-0.1, -0.05) is 19.3 Å². The lowest BCUT2D eigenvalue weighted by molar-refractivity contribution is 0.0689. The number of rotatable bonds is 4. The SMILES string of the molecule is O=C(O)c1cccnc1C(=O)NCC1CCCCC1. The van der Waals surface area contributed by atoms with Crippen LogP contribution in [-0.4, -0.2) is 28.5 Å². The number of nitrogens with one attached hydrogen (secondary N) is 1. The van der Waals surface area contributed by atoms with Gasteiger partial charge in [0.05, 0.1) is 5.56 Å². The summed E-state index contributed by atoms with van der Waals surface area (Å²) >= 11 is 0. The molecule has 0 atom stereocenters. The zero-order chi connectivity index (χ0) is 13.7. The Morgan fingerprint density at radius 2 is 2.05 bits per heavy atom. The number of carboxylic acids is 1. The highest BCUT2D eigenvalue weighted by Crippen LogP contribution is 2.22. The zero-order valence-corrected chi connectivity index (χ0v) is 10.8. The lowest BCUT2D eigenvalue weighted by atomic mass is 9.89. The molecule has 0 saturated heterocycles.